The number of halogens is 3. The maximum atomic E-state index is 12.6. The minimum absolute atomic E-state index is 0.204. The molecule has 1 saturated heterocycles. The Morgan fingerprint density at radius 1 is 1.12 bits per heavy atom. The van der Waals surface area contributed by atoms with E-state index in [-0.39, 0.29) is 29.5 Å². The van der Waals surface area contributed by atoms with Crippen LogP contribution in [0.2, 0.25) is 0 Å². The third kappa shape index (κ3) is 3.89. The van der Waals surface area contributed by atoms with Crippen molar-refractivity contribution in [2.75, 3.05) is 13.1 Å². The minimum Gasteiger partial charge on any atom is -0.337 e. The molecule has 2 aromatic rings. The first kappa shape index (κ1) is 18.0. The van der Waals surface area contributed by atoms with Gasteiger partial charge in [-0.1, -0.05) is 12.1 Å². The SMILES string of the molecule is O=C(c1ccc(C(F)(F)F)cc1)[C@@H]1CCCN(C(=O)c2cnccn2)C1. The number of aromatic nitrogens is 2. The molecule has 1 aromatic carbocycles. The number of Topliss-reactive ketones (excluding diaryl/α,β-unsaturated/α-hetero) is 1. The molecule has 0 bridgehead atoms. The van der Waals surface area contributed by atoms with Crippen LogP contribution in [-0.4, -0.2) is 39.6 Å². The zero-order valence-corrected chi connectivity index (χ0v) is 13.7. The van der Waals surface area contributed by atoms with Gasteiger partial charge < -0.3 is 4.90 Å². The fourth-order valence-corrected chi connectivity index (χ4v) is 3.01. The molecular weight excluding hydrogens is 347 g/mol. The predicted octanol–water partition coefficient (Wildman–Crippen LogP) is 3.23. The molecule has 2 heterocycles. The summed E-state index contributed by atoms with van der Waals surface area (Å²) in [5, 5.41) is 0. The maximum absolute atomic E-state index is 12.6. The molecule has 1 amide bonds. The van der Waals surface area contributed by atoms with E-state index in [1.165, 1.54) is 30.7 Å². The molecule has 1 aliphatic heterocycles. The van der Waals surface area contributed by atoms with Gasteiger partial charge in [0.15, 0.2) is 5.78 Å². The third-order valence-electron chi connectivity index (χ3n) is 4.36. The molecule has 136 valence electrons. The molecule has 0 spiro atoms. The van der Waals surface area contributed by atoms with Gasteiger partial charge in [-0.15, -0.1) is 0 Å². The third-order valence-corrected chi connectivity index (χ3v) is 4.36. The predicted molar refractivity (Wildman–Crippen MR) is 86.4 cm³/mol. The summed E-state index contributed by atoms with van der Waals surface area (Å²) >= 11 is 0. The van der Waals surface area contributed by atoms with E-state index in [0.717, 1.165) is 12.1 Å². The van der Waals surface area contributed by atoms with E-state index in [9.17, 15) is 22.8 Å². The van der Waals surface area contributed by atoms with E-state index in [2.05, 4.69) is 9.97 Å². The largest absolute Gasteiger partial charge is 0.416 e. The summed E-state index contributed by atoms with van der Waals surface area (Å²) in [5.41, 5.74) is -0.371. The lowest BCUT2D eigenvalue weighted by molar-refractivity contribution is -0.137. The molecule has 1 aliphatic rings. The highest BCUT2D eigenvalue weighted by Gasteiger charge is 2.32. The Bertz CT molecular complexity index is 792. The van der Waals surface area contributed by atoms with Crippen LogP contribution in [0, 0.1) is 5.92 Å². The second kappa shape index (κ2) is 7.23. The summed E-state index contributed by atoms with van der Waals surface area (Å²) in [7, 11) is 0. The quantitative estimate of drug-likeness (QED) is 0.786. The van der Waals surface area contributed by atoms with Gasteiger partial charge in [0, 0.05) is 37.0 Å². The number of carbonyl (C=O) groups excluding carboxylic acids is 2. The lowest BCUT2D eigenvalue weighted by atomic mass is 9.89. The fourth-order valence-electron chi connectivity index (χ4n) is 3.01. The molecule has 1 fully saturated rings. The first-order chi connectivity index (χ1) is 12.4. The van der Waals surface area contributed by atoms with Crippen LogP contribution in [0.5, 0.6) is 0 Å². The standard InChI is InChI=1S/C18H16F3N3O2/c19-18(20,21)14-5-3-12(4-6-14)16(25)13-2-1-9-24(11-13)17(26)15-10-22-7-8-23-15/h3-8,10,13H,1-2,9,11H2/t13-/m1/s1. The monoisotopic (exact) mass is 363 g/mol. The Balaban J connectivity index is 1.71. The van der Waals surface area contributed by atoms with Crippen molar-refractivity contribution in [2.45, 2.75) is 19.0 Å². The number of amides is 1. The van der Waals surface area contributed by atoms with Crippen LogP contribution in [0.15, 0.2) is 42.9 Å². The molecule has 1 atom stereocenters. The maximum Gasteiger partial charge on any atom is 0.416 e. The van der Waals surface area contributed by atoms with Gasteiger partial charge in [0.2, 0.25) is 0 Å². The van der Waals surface area contributed by atoms with E-state index in [1.807, 2.05) is 0 Å². The number of nitrogens with zero attached hydrogens (tertiary/aromatic N) is 3. The number of rotatable bonds is 3. The highest BCUT2D eigenvalue weighted by atomic mass is 19.4. The van der Waals surface area contributed by atoms with Crippen LogP contribution in [0.3, 0.4) is 0 Å². The second-order valence-corrected chi connectivity index (χ2v) is 6.12. The van der Waals surface area contributed by atoms with Crippen molar-refractivity contribution in [3.63, 3.8) is 0 Å². The number of benzene rings is 1. The average molecular weight is 363 g/mol. The van der Waals surface area contributed by atoms with Crippen molar-refractivity contribution in [3.8, 4) is 0 Å². The lowest BCUT2D eigenvalue weighted by Gasteiger charge is -2.31. The van der Waals surface area contributed by atoms with Crippen molar-refractivity contribution >= 4 is 11.7 Å². The first-order valence-electron chi connectivity index (χ1n) is 8.13. The molecule has 0 aliphatic carbocycles. The summed E-state index contributed by atoms with van der Waals surface area (Å²) in [5.74, 6) is -1.00. The molecule has 3 rings (SSSR count). The van der Waals surface area contributed by atoms with Gasteiger partial charge in [-0.3, -0.25) is 14.6 Å². The number of alkyl halides is 3. The zero-order chi connectivity index (χ0) is 18.7. The number of piperidine rings is 1. The summed E-state index contributed by atoms with van der Waals surface area (Å²) in [4.78, 5) is 34.4. The molecular formula is C18H16F3N3O2. The molecule has 26 heavy (non-hydrogen) atoms. The second-order valence-electron chi connectivity index (χ2n) is 6.12. The van der Waals surface area contributed by atoms with Crippen LogP contribution in [0.4, 0.5) is 13.2 Å². The molecule has 5 nitrogen and oxygen atoms in total. The summed E-state index contributed by atoms with van der Waals surface area (Å²) in [6.45, 7) is 0.724. The highest BCUT2D eigenvalue weighted by molar-refractivity contribution is 5.99. The van der Waals surface area contributed by atoms with E-state index in [0.29, 0.717) is 19.4 Å². The van der Waals surface area contributed by atoms with Gasteiger partial charge in [-0.2, -0.15) is 13.2 Å². The first-order valence-corrected chi connectivity index (χ1v) is 8.13. The van der Waals surface area contributed by atoms with Crippen molar-refractivity contribution in [3.05, 3.63) is 59.7 Å². The van der Waals surface area contributed by atoms with Crippen LogP contribution in [0.1, 0.15) is 39.3 Å². The number of hydrogen-bond donors (Lipinski definition) is 0. The van der Waals surface area contributed by atoms with Gasteiger partial charge in [0.25, 0.3) is 5.91 Å². The van der Waals surface area contributed by atoms with Gasteiger partial charge in [-0.25, -0.2) is 4.98 Å². The molecule has 1 aromatic heterocycles. The molecule has 0 radical (unpaired) electrons. The van der Waals surface area contributed by atoms with Crippen LogP contribution >= 0.6 is 0 Å². The topological polar surface area (TPSA) is 63.2 Å². The Hall–Kier alpha value is -2.77. The lowest BCUT2D eigenvalue weighted by Crippen LogP contribution is -2.42. The van der Waals surface area contributed by atoms with Crippen molar-refractivity contribution < 1.29 is 22.8 Å². The number of carbonyl (C=O) groups is 2. The molecule has 0 N–H and O–H groups in total. The van der Waals surface area contributed by atoms with Gasteiger partial charge in [0.05, 0.1) is 11.8 Å². The number of likely N-dealkylation sites (tertiary alicyclic amines) is 1. The zero-order valence-electron chi connectivity index (χ0n) is 13.7. The Labute approximate surface area is 147 Å². The summed E-state index contributed by atoms with van der Waals surface area (Å²) in [6, 6.07) is 4.18. The number of hydrogen-bond acceptors (Lipinski definition) is 4. The van der Waals surface area contributed by atoms with E-state index >= 15 is 0 Å². The van der Waals surface area contributed by atoms with Crippen molar-refractivity contribution in [1.82, 2.24) is 14.9 Å². The van der Waals surface area contributed by atoms with Crippen molar-refractivity contribution in [1.29, 1.82) is 0 Å². The Morgan fingerprint density at radius 2 is 1.85 bits per heavy atom. The van der Waals surface area contributed by atoms with Crippen LogP contribution < -0.4 is 0 Å². The van der Waals surface area contributed by atoms with E-state index in [1.54, 1.807) is 4.90 Å². The Kier molecular flexibility index (Phi) is 5.01. The highest BCUT2D eigenvalue weighted by Crippen LogP contribution is 2.30. The summed E-state index contributed by atoms with van der Waals surface area (Å²) in [6.07, 6.45) is 1.04. The smallest absolute Gasteiger partial charge is 0.337 e. The van der Waals surface area contributed by atoms with E-state index < -0.39 is 17.7 Å². The van der Waals surface area contributed by atoms with Crippen LogP contribution in [0.25, 0.3) is 0 Å². The molecule has 8 heteroatoms. The van der Waals surface area contributed by atoms with Gasteiger partial charge in [0.1, 0.15) is 5.69 Å². The number of ketones is 1. The summed E-state index contributed by atoms with van der Waals surface area (Å²) < 4.78 is 37.9. The van der Waals surface area contributed by atoms with Crippen LogP contribution in [-0.2, 0) is 6.18 Å². The normalized spacial score (nSPS) is 17.8. The van der Waals surface area contributed by atoms with Gasteiger partial charge >= 0.3 is 6.18 Å². The molecule has 0 saturated carbocycles. The average Bonchev–Trinajstić information content (AvgIpc) is 2.67. The minimum atomic E-state index is -4.44. The van der Waals surface area contributed by atoms with Crippen molar-refractivity contribution in [2.24, 2.45) is 5.92 Å². The fraction of sp³-hybridized carbons (Fsp3) is 0.333. The van der Waals surface area contributed by atoms with Gasteiger partial charge in [-0.05, 0) is 25.0 Å². The Morgan fingerprint density at radius 3 is 2.46 bits per heavy atom. The molecule has 0 unspecified atom stereocenters. The van der Waals surface area contributed by atoms with E-state index in [4.69, 9.17) is 0 Å².